The van der Waals surface area contributed by atoms with Crippen LogP contribution in [0.4, 0.5) is 11.4 Å². The third kappa shape index (κ3) is 2.07. The Balaban J connectivity index is 2.29. The molecule has 0 aliphatic heterocycles. The van der Waals surface area contributed by atoms with E-state index in [4.69, 9.17) is 11.5 Å². The van der Waals surface area contributed by atoms with Crippen LogP contribution in [0.1, 0.15) is 11.3 Å². The summed E-state index contributed by atoms with van der Waals surface area (Å²) in [6.45, 7) is 0. The summed E-state index contributed by atoms with van der Waals surface area (Å²) in [6.07, 6.45) is 2.50. The molecular formula is C12H13N3. The van der Waals surface area contributed by atoms with Crippen molar-refractivity contribution in [3.8, 4) is 0 Å². The van der Waals surface area contributed by atoms with Crippen LogP contribution in [0.5, 0.6) is 0 Å². The minimum atomic E-state index is 0.628. The van der Waals surface area contributed by atoms with Crippen molar-refractivity contribution in [2.75, 3.05) is 11.5 Å². The lowest BCUT2D eigenvalue weighted by Gasteiger charge is -2.07. The van der Waals surface area contributed by atoms with Gasteiger partial charge in [0.05, 0.1) is 11.4 Å². The van der Waals surface area contributed by atoms with Crippen molar-refractivity contribution in [2.24, 2.45) is 0 Å². The van der Waals surface area contributed by atoms with Crippen LogP contribution in [-0.4, -0.2) is 4.98 Å². The van der Waals surface area contributed by atoms with Gasteiger partial charge in [-0.2, -0.15) is 0 Å². The molecule has 4 N–H and O–H groups in total. The fourth-order valence-corrected chi connectivity index (χ4v) is 1.48. The van der Waals surface area contributed by atoms with E-state index in [-0.39, 0.29) is 0 Å². The van der Waals surface area contributed by atoms with Gasteiger partial charge in [-0.3, -0.25) is 4.98 Å². The monoisotopic (exact) mass is 199 g/mol. The maximum Gasteiger partial charge on any atom is 0.0584 e. The minimum Gasteiger partial charge on any atom is -0.397 e. The van der Waals surface area contributed by atoms with Crippen LogP contribution in [0.2, 0.25) is 0 Å². The first-order chi connectivity index (χ1) is 7.27. The zero-order valence-corrected chi connectivity index (χ0v) is 8.35. The molecule has 1 aromatic heterocycles. The summed E-state index contributed by atoms with van der Waals surface area (Å²) in [6, 6.07) is 11.5. The van der Waals surface area contributed by atoms with Crippen LogP contribution in [0, 0.1) is 0 Å². The van der Waals surface area contributed by atoms with E-state index in [0.717, 1.165) is 17.7 Å². The average Bonchev–Trinajstić information content (AvgIpc) is 2.26. The molecule has 1 aromatic carbocycles. The highest BCUT2D eigenvalue weighted by Gasteiger charge is 2.03. The normalized spacial score (nSPS) is 10.1. The van der Waals surface area contributed by atoms with E-state index in [9.17, 15) is 0 Å². The Morgan fingerprint density at radius 1 is 1.00 bits per heavy atom. The summed E-state index contributed by atoms with van der Waals surface area (Å²) in [5.74, 6) is 0. The number of nitrogens with zero attached hydrogens (tertiary/aromatic N) is 1. The third-order valence-corrected chi connectivity index (χ3v) is 2.33. The second kappa shape index (κ2) is 4.00. The van der Waals surface area contributed by atoms with E-state index in [1.54, 1.807) is 12.3 Å². The van der Waals surface area contributed by atoms with Crippen LogP contribution < -0.4 is 11.5 Å². The first-order valence-electron chi connectivity index (χ1n) is 4.80. The summed E-state index contributed by atoms with van der Waals surface area (Å²) < 4.78 is 0. The summed E-state index contributed by atoms with van der Waals surface area (Å²) in [5, 5.41) is 0. The number of para-hydroxylation sites is 1. The largest absolute Gasteiger partial charge is 0.397 e. The number of hydrogen-bond donors (Lipinski definition) is 2. The summed E-state index contributed by atoms with van der Waals surface area (Å²) >= 11 is 0. The Labute approximate surface area is 88.8 Å². The molecule has 0 radical (unpaired) electrons. The van der Waals surface area contributed by atoms with Crippen molar-refractivity contribution in [1.82, 2.24) is 4.98 Å². The van der Waals surface area contributed by atoms with Crippen LogP contribution in [-0.2, 0) is 6.42 Å². The van der Waals surface area contributed by atoms with Gasteiger partial charge in [-0.25, -0.2) is 0 Å². The van der Waals surface area contributed by atoms with Crippen LogP contribution in [0.15, 0.2) is 42.6 Å². The van der Waals surface area contributed by atoms with Gasteiger partial charge in [-0.1, -0.05) is 18.2 Å². The standard InChI is InChI=1S/C12H13N3/c13-11-6-3-4-9(12(11)14)8-10-5-1-2-7-15-10/h1-7H,8,13-14H2. The summed E-state index contributed by atoms with van der Waals surface area (Å²) in [5.41, 5.74) is 14.9. The van der Waals surface area contributed by atoms with Crippen molar-refractivity contribution < 1.29 is 0 Å². The number of rotatable bonds is 2. The van der Waals surface area contributed by atoms with Crippen LogP contribution >= 0.6 is 0 Å². The van der Waals surface area contributed by atoms with Gasteiger partial charge in [0.2, 0.25) is 0 Å². The lowest BCUT2D eigenvalue weighted by molar-refractivity contribution is 1.08. The SMILES string of the molecule is Nc1cccc(Cc2ccccn2)c1N. The van der Waals surface area contributed by atoms with E-state index >= 15 is 0 Å². The number of benzene rings is 1. The molecule has 0 atom stereocenters. The molecule has 0 amide bonds. The molecular weight excluding hydrogens is 186 g/mol. The number of nitrogens with two attached hydrogens (primary N) is 2. The highest BCUT2D eigenvalue weighted by Crippen LogP contribution is 2.21. The predicted molar refractivity (Wildman–Crippen MR) is 62.3 cm³/mol. The Hall–Kier alpha value is -2.03. The van der Waals surface area contributed by atoms with Crippen molar-refractivity contribution in [3.63, 3.8) is 0 Å². The van der Waals surface area contributed by atoms with Gasteiger partial charge in [-0.05, 0) is 23.8 Å². The van der Waals surface area contributed by atoms with Gasteiger partial charge < -0.3 is 11.5 Å². The minimum absolute atomic E-state index is 0.628. The first kappa shape index (κ1) is 9.52. The molecule has 0 bridgehead atoms. The number of nitrogen functional groups attached to an aromatic ring is 2. The first-order valence-corrected chi connectivity index (χ1v) is 4.80. The van der Waals surface area contributed by atoms with E-state index in [1.807, 2.05) is 30.3 Å². The molecule has 3 heteroatoms. The van der Waals surface area contributed by atoms with Gasteiger partial charge in [-0.15, -0.1) is 0 Å². The van der Waals surface area contributed by atoms with Crippen LogP contribution in [0.25, 0.3) is 0 Å². The quantitative estimate of drug-likeness (QED) is 0.725. The molecule has 1 heterocycles. The molecule has 0 unspecified atom stereocenters. The van der Waals surface area contributed by atoms with Gasteiger partial charge in [0, 0.05) is 18.3 Å². The lowest BCUT2D eigenvalue weighted by Crippen LogP contribution is -2.01. The molecule has 3 nitrogen and oxygen atoms in total. The Kier molecular flexibility index (Phi) is 2.54. The maximum absolute atomic E-state index is 5.88. The molecule has 0 fully saturated rings. The van der Waals surface area contributed by atoms with Gasteiger partial charge in [0.15, 0.2) is 0 Å². The molecule has 15 heavy (non-hydrogen) atoms. The smallest absolute Gasteiger partial charge is 0.0584 e. The van der Waals surface area contributed by atoms with Gasteiger partial charge >= 0.3 is 0 Å². The van der Waals surface area contributed by atoms with Crippen molar-refractivity contribution >= 4 is 11.4 Å². The van der Waals surface area contributed by atoms with Crippen molar-refractivity contribution in [2.45, 2.75) is 6.42 Å². The number of pyridine rings is 1. The van der Waals surface area contributed by atoms with E-state index < -0.39 is 0 Å². The molecule has 0 saturated carbocycles. The molecule has 0 saturated heterocycles. The summed E-state index contributed by atoms with van der Waals surface area (Å²) in [7, 11) is 0. The van der Waals surface area contributed by atoms with Gasteiger partial charge in [0.25, 0.3) is 0 Å². The fourth-order valence-electron chi connectivity index (χ4n) is 1.48. The van der Waals surface area contributed by atoms with E-state index in [0.29, 0.717) is 11.4 Å². The van der Waals surface area contributed by atoms with Crippen molar-refractivity contribution in [1.29, 1.82) is 0 Å². The zero-order chi connectivity index (χ0) is 10.7. The highest BCUT2D eigenvalue weighted by molar-refractivity contribution is 5.67. The second-order valence-corrected chi connectivity index (χ2v) is 3.42. The lowest BCUT2D eigenvalue weighted by atomic mass is 10.1. The van der Waals surface area contributed by atoms with E-state index in [1.165, 1.54) is 0 Å². The molecule has 0 aliphatic rings. The maximum atomic E-state index is 5.88. The average molecular weight is 199 g/mol. The summed E-state index contributed by atoms with van der Waals surface area (Å²) in [4.78, 5) is 4.25. The highest BCUT2D eigenvalue weighted by atomic mass is 14.7. The fraction of sp³-hybridized carbons (Fsp3) is 0.0833. The Morgan fingerprint density at radius 3 is 2.60 bits per heavy atom. The topological polar surface area (TPSA) is 64.9 Å². The molecule has 2 aromatic rings. The molecule has 0 spiro atoms. The number of hydrogen-bond acceptors (Lipinski definition) is 3. The van der Waals surface area contributed by atoms with Crippen molar-refractivity contribution in [3.05, 3.63) is 53.9 Å². The zero-order valence-electron chi connectivity index (χ0n) is 8.35. The molecule has 0 aliphatic carbocycles. The molecule has 2 rings (SSSR count). The van der Waals surface area contributed by atoms with Gasteiger partial charge in [0.1, 0.15) is 0 Å². The van der Waals surface area contributed by atoms with E-state index in [2.05, 4.69) is 4.98 Å². The molecule has 76 valence electrons. The number of aromatic nitrogens is 1. The third-order valence-electron chi connectivity index (χ3n) is 2.33. The predicted octanol–water partition coefficient (Wildman–Crippen LogP) is 1.84. The second-order valence-electron chi connectivity index (χ2n) is 3.42. The Bertz CT molecular complexity index is 452. The Morgan fingerprint density at radius 2 is 1.87 bits per heavy atom. The number of anilines is 2. The van der Waals surface area contributed by atoms with Crippen LogP contribution in [0.3, 0.4) is 0 Å².